The highest BCUT2D eigenvalue weighted by molar-refractivity contribution is 5.84. The number of hydrogen-bond donors (Lipinski definition) is 2. The van der Waals surface area contributed by atoms with Gasteiger partial charge in [-0.25, -0.2) is 14.8 Å². The van der Waals surface area contributed by atoms with Crippen LogP contribution in [0.2, 0.25) is 0 Å². The average Bonchev–Trinajstić information content (AvgIpc) is 2.38. The van der Waals surface area contributed by atoms with Gasteiger partial charge in [-0.2, -0.15) is 0 Å². The van der Waals surface area contributed by atoms with Gasteiger partial charge in [0.25, 0.3) is 0 Å². The minimum atomic E-state index is -1.08. The van der Waals surface area contributed by atoms with Crippen molar-refractivity contribution in [2.24, 2.45) is 0 Å². The largest absolute Gasteiger partial charge is 0.476 e. The van der Waals surface area contributed by atoms with E-state index in [1.165, 1.54) is 12.4 Å². The first-order chi connectivity index (χ1) is 8.66. The predicted molar refractivity (Wildman–Crippen MR) is 65.3 cm³/mol. The molecule has 18 heavy (non-hydrogen) atoms. The molecule has 0 fully saturated rings. The number of nitrogens with one attached hydrogen (secondary N) is 1. The summed E-state index contributed by atoms with van der Waals surface area (Å²) in [5.41, 5.74) is 2.12. The molecule has 0 aliphatic heterocycles. The van der Waals surface area contributed by atoms with E-state index in [4.69, 9.17) is 5.11 Å². The van der Waals surface area contributed by atoms with E-state index in [9.17, 15) is 4.79 Å². The van der Waals surface area contributed by atoms with Crippen molar-refractivity contribution in [3.63, 3.8) is 0 Å². The molecule has 92 valence electrons. The second kappa shape index (κ2) is 5.22. The third-order valence-electron chi connectivity index (χ3n) is 2.47. The molecule has 0 radical (unpaired) electrons. The number of aromatic carboxylic acids is 1. The number of hydrogen-bond acceptors (Lipinski definition) is 5. The Morgan fingerprint density at radius 1 is 1.33 bits per heavy atom. The van der Waals surface area contributed by atoms with E-state index in [0.29, 0.717) is 12.4 Å². The van der Waals surface area contributed by atoms with Crippen LogP contribution < -0.4 is 5.32 Å². The molecule has 6 heteroatoms. The fourth-order valence-corrected chi connectivity index (χ4v) is 1.42. The van der Waals surface area contributed by atoms with E-state index in [1.54, 1.807) is 12.4 Å². The highest BCUT2D eigenvalue weighted by Crippen LogP contribution is 2.08. The average molecular weight is 244 g/mol. The molecule has 0 saturated heterocycles. The number of carbonyl (C=O) groups is 1. The summed E-state index contributed by atoms with van der Waals surface area (Å²) in [5.74, 6) is -0.546. The van der Waals surface area contributed by atoms with E-state index in [0.717, 1.165) is 11.1 Å². The Labute approximate surface area is 104 Å². The lowest BCUT2D eigenvalue weighted by Crippen LogP contribution is -2.06. The van der Waals surface area contributed by atoms with Crippen molar-refractivity contribution >= 4 is 11.8 Å². The molecule has 0 aliphatic rings. The molecule has 0 atom stereocenters. The maximum absolute atomic E-state index is 10.6. The number of carboxylic acid groups (broad SMARTS) is 1. The summed E-state index contributed by atoms with van der Waals surface area (Å²) < 4.78 is 0. The number of aromatic nitrogens is 3. The van der Waals surface area contributed by atoms with Crippen LogP contribution in [0.3, 0.4) is 0 Å². The molecule has 0 aliphatic carbocycles. The van der Waals surface area contributed by atoms with E-state index >= 15 is 0 Å². The van der Waals surface area contributed by atoms with Gasteiger partial charge in [-0.05, 0) is 24.1 Å². The van der Waals surface area contributed by atoms with Gasteiger partial charge >= 0.3 is 5.97 Å². The fourth-order valence-electron chi connectivity index (χ4n) is 1.42. The maximum atomic E-state index is 10.6. The number of pyridine rings is 1. The van der Waals surface area contributed by atoms with Crippen LogP contribution >= 0.6 is 0 Å². The number of nitrogens with zero attached hydrogens (tertiary/aromatic N) is 3. The van der Waals surface area contributed by atoms with E-state index in [-0.39, 0.29) is 5.69 Å². The third kappa shape index (κ3) is 2.79. The molecule has 0 saturated carbocycles. The van der Waals surface area contributed by atoms with Crippen molar-refractivity contribution < 1.29 is 9.90 Å². The molecule has 0 amide bonds. The Kier molecular flexibility index (Phi) is 3.47. The van der Waals surface area contributed by atoms with Gasteiger partial charge in [-0.1, -0.05) is 0 Å². The lowest BCUT2D eigenvalue weighted by Gasteiger charge is -2.07. The second-order valence-corrected chi connectivity index (χ2v) is 3.75. The first-order valence-electron chi connectivity index (χ1n) is 5.35. The first-order valence-corrected chi connectivity index (χ1v) is 5.35. The second-order valence-electron chi connectivity index (χ2n) is 3.75. The summed E-state index contributed by atoms with van der Waals surface area (Å²) in [7, 11) is 0. The van der Waals surface area contributed by atoms with Crippen LogP contribution in [0.25, 0.3) is 0 Å². The fraction of sp³-hybridized carbons (Fsp3) is 0.167. The van der Waals surface area contributed by atoms with Crippen molar-refractivity contribution in [2.75, 3.05) is 5.32 Å². The summed E-state index contributed by atoms with van der Waals surface area (Å²) in [6.45, 7) is 2.57. The molecule has 2 aromatic rings. The van der Waals surface area contributed by atoms with Gasteiger partial charge in [0.15, 0.2) is 5.69 Å². The quantitative estimate of drug-likeness (QED) is 0.847. The molecular formula is C12H12N4O2. The third-order valence-corrected chi connectivity index (χ3v) is 2.47. The molecule has 0 bridgehead atoms. The summed E-state index contributed by atoms with van der Waals surface area (Å²) in [6.07, 6.45) is 6.14. The van der Waals surface area contributed by atoms with Gasteiger partial charge in [0.05, 0.1) is 12.4 Å². The van der Waals surface area contributed by atoms with Gasteiger partial charge in [0.1, 0.15) is 5.82 Å². The van der Waals surface area contributed by atoms with Gasteiger partial charge in [0.2, 0.25) is 0 Å². The highest BCUT2D eigenvalue weighted by atomic mass is 16.4. The molecule has 0 spiro atoms. The molecule has 2 rings (SSSR count). The number of aryl methyl sites for hydroxylation is 1. The van der Waals surface area contributed by atoms with Gasteiger partial charge in [0, 0.05) is 18.9 Å². The molecule has 0 unspecified atom stereocenters. The summed E-state index contributed by atoms with van der Waals surface area (Å²) in [6, 6.07) is 1.92. The van der Waals surface area contributed by atoms with Crippen LogP contribution in [0, 0.1) is 6.92 Å². The lowest BCUT2D eigenvalue weighted by molar-refractivity contribution is 0.0690. The Bertz CT molecular complexity index is 554. The van der Waals surface area contributed by atoms with Gasteiger partial charge < -0.3 is 10.4 Å². The lowest BCUT2D eigenvalue weighted by atomic mass is 10.1. The van der Waals surface area contributed by atoms with Crippen LogP contribution in [-0.2, 0) is 6.54 Å². The van der Waals surface area contributed by atoms with Crippen molar-refractivity contribution in [1.29, 1.82) is 0 Å². The summed E-state index contributed by atoms with van der Waals surface area (Å²) in [5, 5.41) is 11.8. The molecular weight excluding hydrogens is 232 g/mol. The van der Waals surface area contributed by atoms with Crippen LogP contribution in [-0.4, -0.2) is 26.0 Å². The monoisotopic (exact) mass is 244 g/mol. The van der Waals surface area contributed by atoms with Crippen LogP contribution in [0.5, 0.6) is 0 Å². The maximum Gasteiger partial charge on any atom is 0.356 e. The highest BCUT2D eigenvalue weighted by Gasteiger charge is 2.04. The van der Waals surface area contributed by atoms with Crippen LogP contribution in [0.1, 0.15) is 21.6 Å². The topological polar surface area (TPSA) is 88.0 Å². The number of carboxylic acids is 1. The number of anilines is 1. The molecule has 2 N–H and O–H groups in total. The Balaban J connectivity index is 2.02. The standard InChI is InChI=1S/C12H12N4O2/c1-8-4-13-3-2-9(8)5-15-11-7-14-10(6-16-11)12(17)18/h2-4,6-7H,5H2,1H3,(H,15,16)(H,17,18). The smallest absolute Gasteiger partial charge is 0.356 e. The Morgan fingerprint density at radius 3 is 2.78 bits per heavy atom. The summed E-state index contributed by atoms with van der Waals surface area (Å²) in [4.78, 5) is 22.4. The van der Waals surface area contributed by atoms with Crippen molar-refractivity contribution in [3.8, 4) is 0 Å². The molecule has 2 heterocycles. The van der Waals surface area contributed by atoms with E-state index < -0.39 is 5.97 Å². The van der Waals surface area contributed by atoms with Crippen molar-refractivity contribution in [2.45, 2.75) is 13.5 Å². The summed E-state index contributed by atoms with van der Waals surface area (Å²) >= 11 is 0. The first kappa shape index (κ1) is 12.0. The minimum absolute atomic E-state index is 0.0689. The zero-order valence-corrected chi connectivity index (χ0v) is 9.79. The van der Waals surface area contributed by atoms with Crippen LogP contribution in [0.4, 0.5) is 5.82 Å². The minimum Gasteiger partial charge on any atom is -0.476 e. The van der Waals surface area contributed by atoms with Crippen molar-refractivity contribution in [3.05, 3.63) is 47.7 Å². The van der Waals surface area contributed by atoms with Gasteiger partial charge in [-0.3, -0.25) is 4.98 Å². The van der Waals surface area contributed by atoms with E-state index in [1.807, 2.05) is 13.0 Å². The Hall–Kier alpha value is -2.50. The van der Waals surface area contributed by atoms with Gasteiger partial charge in [-0.15, -0.1) is 0 Å². The van der Waals surface area contributed by atoms with Crippen molar-refractivity contribution in [1.82, 2.24) is 15.0 Å². The van der Waals surface area contributed by atoms with Crippen LogP contribution in [0.15, 0.2) is 30.9 Å². The zero-order valence-electron chi connectivity index (χ0n) is 9.79. The molecule has 0 aromatic carbocycles. The molecule has 2 aromatic heterocycles. The van der Waals surface area contributed by atoms with E-state index in [2.05, 4.69) is 20.3 Å². The molecule has 6 nitrogen and oxygen atoms in total. The zero-order chi connectivity index (χ0) is 13.0. The normalized spacial score (nSPS) is 10.1. The number of rotatable bonds is 4. The predicted octanol–water partition coefficient (Wildman–Crippen LogP) is 1.49. The Morgan fingerprint density at radius 2 is 2.17 bits per heavy atom. The SMILES string of the molecule is Cc1cnccc1CNc1cnc(C(=O)O)cn1.